The van der Waals surface area contributed by atoms with Crippen molar-refractivity contribution in [3.05, 3.63) is 60.6 Å². The summed E-state index contributed by atoms with van der Waals surface area (Å²) in [6.07, 6.45) is 6.16. The molecule has 2 amide bonds. The number of imidazole rings is 1. The highest BCUT2D eigenvalue weighted by Gasteiger charge is 2.15. The van der Waals surface area contributed by atoms with Crippen molar-refractivity contribution < 1.29 is 14.3 Å². The maximum absolute atomic E-state index is 12.1. The highest BCUT2D eigenvalue weighted by atomic mass is 16.5. The molecule has 140 valence electrons. The van der Waals surface area contributed by atoms with Crippen molar-refractivity contribution in [3.63, 3.8) is 0 Å². The molecule has 2 aromatic heterocycles. The standard InChI is InChI=1S/C20H22N4O3/c25-20(21-12-16-13-24-10-2-1-5-19(24)22-16)23-15-6-8-17(9-7-15)27-14-18-4-3-11-26-18/h1-2,5-10,13,18H,3-4,11-12,14H2,(H2,21,23,25)/t18-/m1/s1. The van der Waals surface area contributed by atoms with E-state index in [4.69, 9.17) is 9.47 Å². The third-order valence-electron chi connectivity index (χ3n) is 4.42. The normalized spacial score (nSPS) is 16.4. The van der Waals surface area contributed by atoms with E-state index in [1.54, 1.807) is 0 Å². The number of fused-ring (bicyclic) bond motifs is 1. The Morgan fingerprint density at radius 1 is 1.26 bits per heavy atom. The zero-order valence-corrected chi connectivity index (χ0v) is 14.9. The number of hydrogen-bond acceptors (Lipinski definition) is 4. The lowest BCUT2D eigenvalue weighted by Gasteiger charge is -2.12. The number of carbonyl (C=O) groups excluding carboxylic acids is 1. The quantitative estimate of drug-likeness (QED) is 0.702. The van der Waals surface area contributed by atoms with Crippen molar-refractivity contribution >= 4 is 17.4 Å². The number of ether oxygens (including phenoxy) is 2. The summed E-state index contributed by atoms with van der Waals surface area (Å²) in [5.74, 6) is 0.765. The maximum Gasteiger partial charge on any atom is 0.319 e. The van der Waals surface area contributed by atoms with Gasteiger partial charge in [0.05, 0.1) is 18.3 Å². The van der Waals surface area contributed by atoms with Gasteiger partial charge in [0.1, 0.15) is 18.0 Å². The van der Waals surface area contributed by atoms with Crippen molar-refractivity contribution in [1.29, 1.82) is 0 Å². The fourth-order valence-corrected chi connectivity index (χ4v) is 3.02. The average Bonchev–Trinajstić information content (AvgIpc) is 3.35. The molecule has 1 aromatic carbocycles. The topological polar surface area (TPSA) is 76.9 Å². The van der Waals surface area contributed by atoms with Crippen LogP contribution in [-0.2, 0) is 11.3 Å². The molecule has 0 bridgehead atoms. The Balaban J connectivity index is 1.24. The smallest absolute Gasteiger partial charge is 0.319 e. The van der Waals surface area contributed by atoms with Crippen LogP contribution in [0.5, 0.6) is 5.75 Å². The molecule has 2 N–H and O–H groups in total. The molecule has 3 heterocycles. The molecule has 0 saturated carbocycles. The zero-order valence-electron chi connectivity index (χ0n) is 14.9. The Morgan fingerprint density at radius 3 is 2.93 bits per heavy atom. The second kappa shape index (κ2) is 8.09. The highest BCUT2D eigenvalue weighted by Crippen LogP contribution is 2.18. The monoisotopic (exact) mass is 366 g/mol. The largest absolute Gasteiger partial charge is 0.491 e. The van der Waals surface area contributed by atoms with Gasteiger partial charge in [-0.15, -0.1) is 0 Å². The van der Waals surface area contributed by atoms with Crippen LogP contribution in [0.2, 0.25) is 0 Å². The minimum Gasteiger partial charge on any atom is -0.491 e. The van der Waals surface area contributed by atoms with E-state index in [9.17, 15) is 4.79 Å². The second-order valence-electron chi connectivity index (χ2n) is 6.48. The Kier molecular flexibility index (Phi) is 5.20. The van der Waals surface area contributed by atoms with Crippen molar-refractivity contribution in [2.45, 2.75) is 25.5 Å². The molecule has 0 unspecified atom stereocenters. The molecule has 4 rings (SSSR count). The summed E-state index contributed by atoms with van der Waals surface area (Å²) in [4.78, 5) is 16.5. The van der Waals surface area contributed by atoms with Crippen LogP contribution in [0.3, 0.4) is 0 Å². The number of rotatable bonds is 6. The van der Waals surface area contributed by atoms with Gasteiger partial charge in [-0.2, -0.15) is 0 Å². The number of nitrogens with one attached hydrogen (secondary N) is 2. The SMILES string of the molecule is O=C(NCc1cn2ccccc2n1)Nc1ccc(OC[C@H]2CCCO2)cc1. The van der Waals surface area contributed by atoms with Crippen LogP contribution in [0, 0.1) is 0 Å². The fraction of sp³-hybridized carbons (Fsp3) is 0.300. The van der Waals surface area contributed by atoms with E-state index >= 15 is 0 Å². The van der Waals surface area contributed by atoms with Gasteiger partial charge in [-0.05, 0) is 49.2 Å². The molecule has 3 aromatic rings. The van der Waals surface area contributed by atoms with Crippen LogP contribution in [0.1, 0.15) is 18.5 Å². The molecule has 1 aliphatic heterocycles. The van der Waals surface area contributed by atoms with Gasteiger partial charge in [0.15, 0.2) is 0 Å². The minimum atomic E-state index is -0.278. The number of urea groups is 1. The summed E-state index contributed by atoms with van der Waals surface area (Å²) in [7, 11) is 0. The summed E-state index contributed by atoms with van der Waals surface area (Å²) in [6.45, 7) is 1.74. The Hall–Kier alpha value is -3.06. The molecule has 27 heavy (non-hydrogen) atoms. The van der Waals surface area contributed by atoms with E-state index in [1.807, 2.05) is 59.3 Å². The van der Waals surface area contributed by atoms with Crippen molar-refractivity contribution in [2.24, 2.45) is 0 Å². The van der Waals surface area contributed by atoms with Gasteiger partial charge in [-0.3, -0.25) is 0 Å². The Morgan fingerprint density at radius 2 is 2.15 bits per heavy atom. The molecule has 0 aliphatic carbocycles. The third kappa shape index (κ3) is 4.57. The summed E-state index contributed by atoms with van der Waals surface area (Å²) in [6, 6.07) is 12.8. The minimum absolute atomic E-state index is 0.188. The molecule has 1 aliphatic rings. The van der Waals surface area contributed by atoms with Gasteiger partial charge in [0.2, 0.25) is 0 Å². The lowest BCUT2D eigenvalue weighted by Crippen LogP contribution is -2.28. The number of benzene rings is 1. The summed E-state index contributed by atoms with van der Waals surface area (Å²) < 4.78 is 13.2. The number of anilines is 1. The number of carbonyl (C=O) groups is 1. The molecule has 1 fully saturated rings. The van der Waals surface area contributed by atoms with E-state index in [0.29, 0.717) is 18.8 Å². The summed E-state index contributed by atoms with van der Waals surface area (Å²) in [5, 5.41) is 5.62. The predicted molar refractivity (Wildman–Crippen MR) is 102 cm³/mol. The van der Waals surface area contributed by atoms with Gasteiger partial charge in [-0.1, -0.05) is 6.07 Å². The van der Waals surface area contributed by atoms with Crippen LogP contribution < -0.4 is 15.4 Å². The van der Waals surface area contributed by atoms with Gasteiger partial charge in [-0.25, -0.2) is 9.78 Å². The zero-order chi connectivity index (χ0) is 18.5. The van der Waals surface area contributed by atoms with Gasteiger partial charge in [0.25, 0.3) is 0 Å². The molecular weight excluding hydrogens is 344 g/mol. The predicted octanol–water partition coefficient (Wildman–Crippen LogP) is 3.21. The molecule has 1 atom stereocenters. The Labute approximate surface area is 157 Å². The average molecular weight is 366 g/mol. The van der Waals surface area contributed by atoms with Gasteiger partial charge >= 0.3 is 6.03 Å². The van der Waals surface area contributed by atoms with Gasteiger partial charge in [0, 0.05) is 24.7 Å². The fourth-order valence-electron chi connectivity index (χ4n) is 3.02. The molecule has 1 saturated heterocycles. The second-order valence-corrected chi connectivity index (χ2v) is 6.48. The highest BCUT2D eigenvalue weighted by molar-refractivity contribution is 5.89. The lowest BCUT2D eigenvalue weighted by atomic mass is 10.2. The van der Waals surface area contributed by atoms with Gasteiger partial charge < -0.3 is 24.5 Å². The number of pyridine rings is 1. The molecule has 7 heteroatoms. The molecule has 0 radical (unpaired) electrons. The first kappa shape index (κ1) is 17.4. The first-order valence-electron chi connectivity index (χ1n) is 9.08. The van der Waals surface area contributed by atoms with E-state index in [2.05, 4.69) is 15.6 Å². The summed E-state index contributed by atoms with van der Waals surface area (Å²) in [5.41, 5.74) is 2.36. The van der Waals surface area contributed by atoms with E-state index in [0.717, 1.165) is 36.5 Å². The van der Waals surface area contributed by atoms with Crippen LogP contribution >= 0.6 is 0 Å². The van der Waals surface area contributed by atoms with Crippen LogP contribution in [0.4, 0.5) is 10.5 Å². The van der Waals surface area contributed by atoms with Crippen LogP contribution in [-0.4, -0.2) is 34.7 Å². The van der Waals surface area contributed by atoms with E-state index in [1.165, 1.54) is 0 Å². The molecule has 0 spiro atoms. The summed E-state index contributed by atoms with van der Waals surface area (Å²) >= 11 is 0. The number of hydrogen-bond donors (Lipinski definition) is 2. The third-order valence-corrected chi connectivity index (χ3v) is 4.42. The first-order chi connectivity index (χ1) is 13.3. The maximum atomic E-state index is 12.1. The van der Waals surface area contributed by atoms with E-state index < -0.39 is 0 Å². The number of amides is 2. The van der Waals surface area contributed by atoms with Crippen LogP contribution in [0.15, 0.2) is 54.9 Å². The van der Waals surface area contributed by atoms with Crippen molar-refractivity contribution in [1.82, 2.24) is 14.7 Å². The van der Waals surface area contributed by atoms with Crippen molar-refractivity contribution in [2.75, 3.05) is 18.5 Å². The van der Waals surface area contributed by atoms with Crippen LogP contribution in [0.25, 0.3) is 5.65 Å². The number of aromatic nitrogens is 2. The molecular formula is C20H22N4O3. The lowest BCUT2D eigenvalue weighted by molar-refractivity contribution is 0.0679. The van der Waals surface area contributed by atoms with E-state index in [-0.39, 0.29) is 12.1 Å². The number of nitrogens with zero attached hydrogens (tertiary/aromatic N) is 2. The Bertz CT molecular complexity index is 868. The van der Waals surface area contributed by atoms with Crippen molar-refractivity contribution in [3.8, 4) is 5.75 Å². The molecule has 7 nitrogen and oxygen atoms in total. The first-order valence-corrected chi connectivity index (χ1v) is 9.08.